The molecule has 14 aromatic rings. The van der Waals surface area contributed by atoms with E-state index in [1.54, 1.807) is 6.26 Å². The lowest BCUT2D eigenvalue weighted by Gasteiger charge is -2.10. The highest BCUT2D eigenvalue weighted by Crippen LogP contribution is 2.45. The lowest BCUT2D eigenvalue weighted by molar-refractivity contribution is 1.09. The Hall–Kier alpha value is -7.67. The molecule has 0 aliphatic carbocycles. The second kappa shape index (κ2) is 20.8. The molecule has 4 aromatic heterocycles. The molecule has 0 radical (unpaired) electrons. The molecule has 4 heterocycles. The summed E-state index contributed by atoms with van der Waals surface area (Å²) in [6.07, 6.45) is 6.94. The van der Waals surface area contributed by atoms with Gasteiger partial charge in [0.25, 0.3) is 0 Å². The third-order valence-corrected chi connectivity index (χ3v) is 16.1. The van der Waals surface area contributed by atoms with Gasteiger partial charge in [-0.25, -0.2) is 0 Å². The molecule has 0 fully saturated rings. The molecule has 14 rings (SSSR count). The maximum Gasteiger partial charge on any atom is 0.0541 e. The number of nitrogens with zero attached hydrogens (tertiary/aromatic N) is 2. The zero-order chi connectivity index (χ0) is 50.0. The van der Waals surface area contributed by atoms with E-state index in [1.807, 2.05) is 48.7 Å². The highest BCUT2D eigenvalue weighted by molar-refractivity contribution is 7.79. The van der Waals surface area contributed by atoms with Crippen molar-refractivity contribution in [3.05, 3.63) is 231 Å². The summed E-state index contributed by atoms with van der Waals surface area (Å²) in [7, 11) is 0. The van der Waals surface area contributed by atoms with Crippen LogP contribution in [0.3, 0.4) is 0 Å². The Bertz CT molecular complexity index is 3940. The second-order valence-electron chi connectivity index (χ2n) is 18.2. The van der Waals surface area contributed by atoms with Crippen molar-refractivity contribution in [2.75, 3.05) is 6.26 Å². The van der Waals surface area contributed by atoms with Gasteiger partial charge in [0.1, 0.15) is 0 Å². The number of hydrogen-bond acceptors (Lipinski definition) is 3. The number of benzene rings is 10. The van der Waals surface area contributed by atoms with E-state index >= 15 is 0 Å². The summed E-state index contributed by atoms with van der Waals surface area (Å²) in [5, 5.41) is 10.3. The summed E-state index contributed by atoms with van der Waals surface area (Å²) < 4.78 is 10.1. The number of thiol groups is 1. The lowest BCUT2D eigenvalue weighted by Crippen LogP contribution is -1.93. The molecular formula is C68H56N2S3. The number of aromatic nitrogens is 2. The van der Waals surface area contributed by atoms with E-state index in [-0.39, 0.29) is 0 Å². The van der Waals surface area contributed by atoms with E-state index in [0.717, 1.165) is 0 Å². The molecule has 356 valence electrons. The van der Waals surface area contributed by atoms with Crippen molar-refractivity contribution in [3.8, 4) is 44.8 Å². The van der Waals surface area contributed by atoms with Crippen LogP contribution in [0.5, 0.6) is 0 Å². The minimum Gasteiger partial charge on any atom is -0.309 e. The molecule has 73 heavy (non-hydrogen) atoms. The summed E-state index contributed by atoms with van der Waals surface area (Å²) in [5.41, 5.74) is 14.7. The Morgan fingerprint density at radius 2 is 0.658 bits per heavy atom. The second-order valence-corrected chi connectivity index (χ2v) is 20.3. The number of thiophene rings is 2. The number of rotatable bonds is 5. The summed E-state index contributed by atoms with van der Waals surface area (Å²) in [6, 6.07) is 80.8. The fraction of sp³-hybridized carbons (Fsp3) is 0.0882. The summed E-state index contributed by atoms with van der Waals surface area (Å²) in [5.74, 6) is 0. The summed E-state index contributed by atoms with van der Waals surface area (Å²) >= 11 is 7.31. The minimum absolute atomic E-state index is 1.19. The molecule has 10 aromatic carbocycles. The average Bonchev–Trinajstić information content (AvgIpc) is 4.21. The average molecular weight is 997 g/mol. The minimum atomic E-state index is 1.19. The molecule has 0 amide bonds. The molecule has 0 aliphatic rings. The Morgan fingerprint density at radius 3 is 1.01 bits per heavy atom. The molecule has 2 nitrogen and oxygen atoms in total. The molecule has 0 spiro atoms. The van der Waals surface area contributed by atoms with E-state index in [1.165, 1.54) is 135 Å². The van der Waals surface area contributed by atoms with Gasteiger partial charge in [0.05, 0.1) is 22.1 Å². The molecule has 0 bridgehead atoms. The number of hydrogen-bond donors (Lipinski definition) is 1. The van der Waals surface area contributed by atoms with Crippen molar-refractivity contribution in [1.29, 1.82) is 0 Å². The van der Waals surface area contributed by atoms with Gasteiger partial charge in [-0.05, 0) is 126 Å². The van der Waals surface area contributed by atoms with Gasteiger partial charge in [0.15, 0.2) is 0 Å². The van der Waals surface area contributed by atoms with Gasteiger partial charge < -0.3 is 9.13 Å². The largest absolute Gasteiger partial charge is 0.309 e. The van der Waals surface area contributed by atoms with Crippen molar-refractivity contribution in [1.82, 2.24) is 9.13 Å². The van der Waals surface area contributed by atoms with Crippen LogP contribution in [-0.4, -0.2) is 15.4 Å². The molecule has 0 saturated carbocycles. The van der Waals surface area contributed by atoms with E-state index in [9.17, 15) is 0 Å². The normalized spacial score (nSPS) is 11.4. The van der Waals surface area contributed by atoms with Crippen molar-refractivity contribution in [2.45, 2.75) is 34.1 Å². The third kappa shape index (κ3) is 8.51. The van der Waals surface area contributed by atoms with Crippen LogP contribution < -0.4 is 0 Å². The highest BCUT2D eigenvalue weighted by atomic mass is 32.1. The van der Waals surface area contributed by atoms with Crippen LogP contribution in [0.4, 0.5) is 0 Å². The predicted octanol–water partition coefficient (Wildman–Crippen LogP) is 21.2. The number of para-hydroxylation sites is 4. The first-order chi connectivity index (χ1) is 36.1. The standard InChI is InChI=1S/C60H36N2S2.C4H8.C3H8.CH4S/c1-5-25-53-45(17-1)46-18-2-6-26-54(46)61(53)41-29-31-57-51(35-41)49-23-11-21-43(59(49)63-57)39-15-9-13-37(33-39)38-14-10-16-40(34-38)44-22-12-24-50-52-36-42(30-32-58(52)64-60(44)50)62-55-27-7-3-19-47(55)48-20-4-8-28-56(48)62;1-3-4-2;1-3-2;1-2/h1-36H;3-4H,1-2H3;3H2,1-2H3;2H,1H3/b;4-3-;;. The molecule has 0 N–H and O–H groups in total. The first-order valence-corrected chi connectivity index (χ1v) is 27.7. The van der Waals surface area contributed by atoms with Crippen LogP contribution in [0.25, 0.3) is 129 Å². The van der Waals surface area contributed by atoms with Gasteiger partial charge >= 0.3 is 0 Å². The maximum atomic E-state index is 3.53. The first kappa shape index (κ1) is 47.6. The van der Waals surface area contributed by atoms with Gasteiger partial charge in [-0.1, -0.05) is 178 Å². The zero-order valence-electron chi connectivity index (χ0n) is 41.8. The van der Waals surface area contributed by atoms with Gasteiger partial charge in [0.2, 0.25) is 0 Å². The fourth-order valence-corrected chi connectivity index (χ4v) is 12.9. The Labute approximate surface area is 441 Å². The van der Waals surface area contributed by atoms with E-state index < -0.39 is 0 Å². The molecule has 0 atom stereocenters. The number of allylic oxidation sites excluding steroid dienone is 2. The summed E-state index contributed by atoms with van der Waals surface area (Å²) in [4.78, 5) is 0. The van der Waals surface area contributed by atoms with Crippen molar-refractivity contribution < 1.29 is 0 Å². The van der Waals surface area contributed by atoms with E-state index in [4.69, 9.17) is 0 Å². The SMILES string of the molecule is C/C=C\C.CCC.CS.c1cc(-c2cccc(-c3cccc4c3sc3ccc(-n5c6ccccc6c6ccccc65)cc34)c2)cc(-c2cccc3c2sc2ccc(-n4c5ccccc5c5ccccc54)cc23)c1. The molecule has 0 unspecified atom stereocenters. The van der Waals surface area contributed by atoms with Crippen LogP contribution in [0.1, 0.15) is 34.1 Å². The van der Waals surface area contributed by atoms with Gasteiger partial charge in [0, 0.05) is 73.3 Å². The Kier molecular flexibility index (Phi) is 13.6. The van der Waals surface area contributed by atoms with Crippen LogP contribution in [0.2, 0.25) is 0 Å². The summed E-state index contributed by atoms with van der Waals surface area (Å²) in [6.45, 7) is 8.25. The van der Waals surface area contributed by atoms with Crippen LogP contribution >= 0.6 is 35.3 Å². The maximum absolute atomic E-state index is 3.53. The van der Waals surface area contributed by atoms with Gasteiger partial charge in [-0.15, -0.1) is 22.7 Å². The van der Waals surface area contributed by atoms with Gasteiger partial charge in [-0.3, -0.25) is 0 Å². The third-order valence-electron chi connectivity index (χ3n) is 13.7. The molecule has 0 saturated heterocycles. The fourth-order valence-electron chi connectivity index (χ4n) is 10.4. The number of fused-ring (bicyclic) bond motifs is 12. The lowest BCUT2D eigenvalue weighted by atomic mass is 9.95. The Balaban J connectivity index is 0.000000598. The van der Waals surface area contributed by atoms with Gasteiger partial charge in [-0.2, -0.15) is 12.6 Å². The molecule has 0 aliphatic heterocycles. The van der Waals surface area contributed by atoms with Crippen LogP contribution in [0.15, 0.2) is 231 Å². The zero-order valence-corrected chi connectivity index (χ0v) is 44.3. The van der Waals surface area contributed by atoms with Crippen molar-refractivity contribution in [3.63, 3.8) is 0 Å². The molecule has 5 heteroatoms. The first-order valence-electron chi connectivity index (χ1n) is 25.2. The van der Waals surface area contributed by atoms with E-state index in [2.05, 4.69) is 254 Å². The van der Waals surface area contributed by atoms with E-state index in [0.29, 0.717) is 0 Å². The van der Waals surface area contributed by atoms with Crippen LogP contribution in [0, 0.1) is 0 Å². The Morgan fingerprint density at radius 1 is 0.342 bits per heavy atom. The van der Waals surface area contributed by atoms with Crippen molar-refractivity contribution in [2.24, 2.45) is 0 Å². The topological polar surface area (TPSA) is 9.86 Å². The highest BCUT2D eigenvalue weighted by Gasteiger charge is 2.18. The smallest absolute Gasteiger partial charge is 0.0541 e. The van der Waals surface area contributed by atoms with Crippen molar-refractivity contribution >= 4 is 119 Å². The predicted molar refractivity (Wildman–Crippen MR) is 329 cm³/mol. The molecular weight excluding hydrogens is 941 g/mol. The quantitative estimate of drug-likeness (QED) is 0.130. The van der Waals surface area contributed by atoms with Crippen LogP contribution in [-0.2, 0) is 0 Å². The monoisotopic (exact) mass is 996 g/mol.